The predicted octanol–water partition coefficient (Wildman–Crippen LogP) is 2.87. The van der Waals surface area contributed by atoms with E-state index < -0.39 is 9.84 Å². The van der Waals surface area contributed by atoms with Crippen molar-refractivity contribution in [2.24, 2.45) is 0 Å². The first-order valence-corrected chi connectivity index (χ1v) is 11.5. The van der Waals surface area contributed by atoms with Crippen LogP contribution >= 0.6 is 0 Å². The summed E-state index contributed by atoms with van der Waals surface area (Å²) < 4.78 is 25.1. The molecule has 1 fully saturated rings. The molecule has 2 aromatic carbocycles. The number of sulfone groups is 1. The molecule has 5 nitrogen and oxygen atoms in total. The predicted molar refractivity (Wildman–Crippen MR) is 111 cm³/mol. The van der Waals surface area contributed by atoms with Crippen LogP contribution in [0, 0.1) is 0 Å². The highest BCUT2D eigenvalue weighted by Gasteiger charge is 2.27. The largest absolute Gasteiger partial charge is 0.336 e. The van der Waals surface area contributed by atoms with Crippen LogP contribution < -0.4 is 0 Å². The Hall–Kier alpha value is -2.18. The lowest BCUT2D eigenvalue weighted by atomic mass is 10.1. The number of nitrogens with zero attached hydrogens (tertiary/aromatic N) is 2. The van der Waals surface area contributed by atoms with Gasteiger partial charge in [-0.15, -0.1) is 0 Å². The number of hydrogen-bond acceptors (Lipinski definition) is 4. The third-order valence-electron chi connectivity index (χ3n) is 5.14. The van der Waals surface area contributed by atoms with Gasteiger partial charge in [0, 0.05) is 32.7 Å². The number of hydrogen-bond donors (Lipinski definition) is 0. The van der Waals surface area contributed by atoms with E-state index in [1.54, 1.807) is 29.2 Å². The Morgan fingerprint density at radius 3 is 2.25 bits per heavy atom. The zero-order valence-electron chi connectivity index (χ0n) is 16.4. The van der Waals surface area contributed by atoms with Gasteiger partial charge in [0.05, 0.1) is 16.2 Å². The molecule has 1 amide bonds. The summed E-state index contributed by atoms with van der Waals surface area (Å²) in [4.78, 5) is 17.3. The molecule has 28 heavy (non-hydrogen) atoms. The maximum Gasteiger partial charge on any atom is 0.255 e. The van der Waals surface area contributed by atoms with Gasteiger partial charge in [-0.25, -0.2) is 8.42 Å². The molecule has 150 valence electrons. The Kier molecular flexibility index (Phi) is 6.86. The zero-order valence-corrected chi connectivity index (χ0v) is 17.2. The van der Waals surface area contributed by atoms with Gasteiger partial charge in [-0.1, -0.05) is 49.4 Å². The van der Waals surface area contributed by atoms with E-state index in [9.17, 15) is 13.2 Å². The summed E-state index contributed by atoms with van der Waals surface area (Å²) in [5.41, 5.74) is 1.62. The Labute approximate surface area is 167 Å². The van der Waals surface area contributed by atoms with Crippen LogP contribution in [0.3, 0.4) is 0 Å². The van der Waals surface area contributed by atoms with Crippen LogP contribution in [-0.4, -0.2) is 62.6 Å². The third-order valence-corrected chi connectivity index (χ3v) is 7.12. The van der Waals surface area contributed by atoms with Crippen molar-refractivity contribution >= 4 is 15.7 Å². The van der Waals surface area contributed by atoms with Crippen molar-refractivity contribution < 1.29 is 13.2 Å². The van der Waals surface area contributed by atoms with Crippen LogP contribution in [0.5, 0.6) is 0 Å². The number of carbonyl (C=O) groups is 1. The molecule has 2 aromatic rings. The lowest BCUT2D eigenvalue weighted by Crippen LogP contribution is -2.49. The van der Waals surface area contributed by atoms with Crippen molar-refractivity contribution in [2.75, 3.05) is 38.5 Å². The Morgan fingerprint density at radius 1 is 0.929 bits per heavy atom. The lowest BCUT2D eigenvalue weighted by Gasteiger charge is -2.35. The van der Waals surface area contributed by atoms with Gasteiger partial charge < -0.3 is 4.90 Å². The summed E-state index contributed by atoms with van der Waals surface area (Å²) in [5.74, 6) is -0.122. The SMILES string of the molecule is CCCS(=O)(=O)c1ccccc1C(=O)N1CCN(CCc2ccccc2)CC1. The molecule has 1 heterocycles. The van der Waals surface area contributed by atoms with Crippen LogP contribution in [-0.2, 0) is 16.3 Å². The minimum atomic E-state index is -3.43. The molecule has 0 bridgehead atoms. The fourth-order valence-electron chi connectivity index (χ4n) is 3.57. The number of amides is 1. The molecule has 0 saturated carbocycles. The van der Waals surface area contributed by atoms with Crippen LogP contribution in [0.1, 0.15) is 29.3 Å². The van der Waals surface area contributed by atoms with E-state index in [0.29, 0.717) is 25.1 Å². The maximum atomic E-state index is 13.0. The van der Waals surface area contributed by atoms with Crippen molar-refractivity contribution in [1.82, 2.24) is 9.80 Å². The van der Waals surface area contributed by atoms with E-state index in [1.807, 2.05) is 13.0 Å². The summed E-state index contributed by atoms with van der Waals surface area (Å²) >= 11 is 0. The summed E-state index contributed by atoms with van der Waals surface area (Å²) in [7, 11) is -3.43. The molecule has 3 rings (SSSR count). The van der Waals surface area contributed by atoms with Gasteiger partial charge in [0.25, 0.3) is 5.91 Å². The Bertz CT molecular complexity index is 889. The van der Waals surface area contributed by atoms with Crippen LogP contribution in [0.4, 0.5) is 0 Å². The van der Waals surface area contributed by atoms with Gasteiger partial charge in [-0.3, -0.25) is 9.69 Å². The highest BCUT2D eigenvalue weighted by molar-refractivity contribution is 7.91. The number of carbonyl (C=O) groups excluding carboxylic acids is 1. The van der Waals surface area contributed by atoms with E-state index >= 15 is 0 Å². The van der Waals surface area contributed by atoms with Crippen LogP contribution in [0.25, 0.3) is 0 Å². The molecule has 0 atom stereocenters. The smallest absolute Gasteiger partial charge is 0.255 e. The molecule has 0 spiro atoms. The zero-order chi connectivity index (χ0) is 20.0. The van der Waals surface area contributed by atoms with E-state index in [1.165, 1.54) is 5.56 Å². The topological polar surface area (TPSA) is 57.7 Å². The highest BCUT2D eigenvalue weighted by Crippen LogP contribution is 2.20. The molecule has 0 radical (unpaired) electrons. The molecule has 1 saturated heterocycles. The molecule has 6 heteroatoms. The van der Waals surface area contributed by atoms with E-state index in [0.717, 1.165) is 26.1 Å². The molecule has 0 aromatic heterocycles. The molecular weight excluding hydrogens is 372 g/mol. The normalized spacial score (nSPS) is 15.5. The second kappa shape index (κ2) is 9.34. The van der Waals surface area contributed by atoms with Crippen molar-refractivity contribution in [3.8, 4) is 0 Å². The van der Waals surface area contributed by atoms with Crippen molar-refractivity contribution in [3.63, 3.8) is 0 Å². The maximum absolute atomic E-state index is 13.0. The first-order valence-electron chi connectivity index (χ1n) is 9.88. The monoisotopic (exact) mass is 400 g/mol. The first-order chi connectivity index (χ1) is 13.5. The standard InChI is InChI=1S/C22H28N2O3S/c1-2-18-28(26,27)21-11-7-6-10-20(21)22(25)24-16-14-23(15-17-24)13-12-19-8-4-3-5-9-19/h3-11H,2,12-18H2,1H3. The number of piperazine rings is 1. The number of rotatable bonds is 7. The summed E-state index contributed by atoms with van der Waals surface area (Å²) in [6.07, 6.45) is 1.53. The van der Waals surface area contributed by atoms with E-state index in [-0.39, 0.29) is 16.6 Å². The van der Waals surface area contributed by atoms with Gasteiger partial charge in [-0.05, 0) is 30.5 Å². The van der Waals surface area contributed by atoms with E-state index in [4.69, 9.17) is 0 Å². The summed E-state index contributed by atoms with van der Waals surface area (Å²) in [5, 5.41) is 0. The minimum absolute atomic E-state index is 0.0601. The lowest BCUT2D eigenvalue weighted by molar-refractivity contribution is 0.0634. The average molecular weight is 401 g/mol. The fraction of sp³-hybridized carbons (Fsp3) is 0.409. The van der Waals surface area contributed by atoms with Gasteiger partial charge in [0.15, 0.2) is 9.84 Å². The molecule has 1 aliphatic rings. The summed E-state index contributed by atoms with van der Waals surface area (Å²) in [6, 6.07) is 17.0. The second-order valence-electron chi connectivity index (χ2n) is 7.18. The van der Waals surface area contributed by atoms with Gasteiger partial charge in [0.1, 0.15) is 0 Å². The van der Waals surface area contributed by atoms with Gasteiger partial charge in [-0.2, -0.15) is 0 Å². The highest BCUT2D eigenvalue weighted by atomic mass is 32.2. The Balaban J connectivity index is 1.61. The van der Waals surface area contributed by atoms with Crippen molar-refractivity contribution in [3.05, 3.63) is 65.7 Å². The number of benzene rings is 2. The minimum Gasteiger partial charge on any atom is -0.336 e. The molecule has 0 aliphatic carbocycles. The van der Waals surface area contributed by atoms with Crippen molar-refractivity contribution in [1.29, 1.82) is 0 Å². The van der Waals surface area contributed by atoms with E-state index in [2.05, 4.69) is 29.2 Å². The second-order valence-corrected chi connectivity index (χ2v) is 9.26. The van der Waals surface area contributed by atoms with Crippen LogP contribution in [0.15, 0.2) is 59.5 Å². The Morgan fingerprint density at radius 2 is 1.57 bits per heavy atom. The average Bonchev–Trinajstić information content (AvgIpc) is 2.73. The van der Waals surface area contributed by atoms with Gasteiger partial charge in [0.2, 0.25) is 0 Å². The molecule has 0 N–H and O–H groups in total. The fourth-order valence-corrected chi connectivity index (χ4v) is 5.10. The quantitative estimate of drug-likeness (QED) is 0.717. The molecular formula is C22H28N2O3S. The van der Waals surface area contributed by atoms with Crippen LogP contribution in [0.2, 0.25) is 0 Å². The van der Waals surface area contributed by atoms with Crippen molar-refractivity contribution in [2.45, 2.75) is 24.7 Å². The molecule has 1 aliphatic heterocycles. The van der Waals surface area contributed by atoms with Gasteiger partial charge >= 0.3 is 0 Å². The molecule has 0 unspecified atom stereocenters. The third kappa shape index (κ3) is 5.00. The first kappa shape index (κ1) is 20.6. The summed E-state index contributed by atoms with van der Waals surface area (Å²) in [6.45, 7) is 5.65.